The first kappa shape index (κ1) is 81.4. The molecule has 0 aromatic carbocycles. The van der Waals surface area contributed by atoms with E-state index in [1.807, 2.05) is 0 Å². The maximum atomic E-state index is 13.2. The van der Waals surface area contributed by atoms with Crippen LogP contribution in [0.2, 0.25) is 0 Å². The number of aliphatic hydroxyl groups is 5. The topological polar surface area (TPSA) is 149 Å². The minimum atomic E-state index is -1.56. The van der Waals surface area contributed by atoms with Crippen molar-refractivity contribution in [1.82, 2.24) is 5.32 Å². The molecule has 1 amide bonds. The fraction of sp³-hybridized carbons (Fsp3) is 0.805. The Hall–Kier alpha value is -2.63. The summed E-state index contributed by atoms with van der Waals surface area (Å²) in [5.74, 6) is -0.140. The van der Waals surface area contributed by atoms with Gasteiger partial charge in [-0.25, -0.2) is 0 Å². The second-order valence-electron chi connectivity index (χ2n) is 25.4. The van der Waals surface area contributed by atoms with E-state index in [-0.39, 0.29) is 12.5 Å². The zero-order chi connectivity index (χ0) is 62.1. The van der Waals surface area contributed by atoms with Crippen molar-refractivity contribution in [2.24, 2.45) is 0 Å². The SMILES string of the molecule is CC/C=C\C/C=C\C/C=C\C/C=C\C/C=C\C/C=C\C/C=C\CCCCCCCCCCCCCCCCCCCCCC(=O)NC(COC1OC(CO)C(O)C(O)C1O)C(O)CCCCCCCCCCCCCCCCCCCCCCCC. The van der Waals surface area contributed by atoms with Gasteiger partial charge in [0.15, 0.2) is 6.29 Å². The van der Waals surface area contributed by atoms with Crippen LogP contribution < -0.4 is 5.32 Å². The van der Waals surface area contributed by atoms with E-state index >= 15 is 0 Å². The second kappa shape index (κ2) is 65.3. The molecule has 500 valence electrons. The summed E-state index contributed by atoms with van der Waals surface area (Å²) in [4.78, 5) is 13.2. The standard InChI is InChI=1S/C77H139NO8/c1-3-5-7-9-11-13-15-17-19-21-23-25-27-28-29-30-31-32-33-34-35-36-37-38-39-40-41-42-43-44-45-47-49-51-53-55-57-59-61-63-65-67-73(81)78-70(69-85-77-76(84)75(83)74(82)72(68-79)86-77)71(80)66-64-62-60-58-56-54-52-50-48-46-26-24-22-20-18-16-14-12-10-8-6-4-2/h5,7,11,13,17,19,23,25,28-29,31-32,34-35,70-72,74-77,79-80,82-84H,3-4,6,8-10,12,14-16,18,20-22,24,26-27,30,33,36-69H2,1-2H3,(H,78,81)/b7-5-,13-11-,19-17-,25-23-,29-28-,32-31-,35-34-. The molecule has 1 aliphatic heterocycles. The van der Waals surface area contributed by atoms with Gasteiger partial charge in [0.25, 0.3) is 0 Å². The monoisotopic (exact) mass is 1210 g/mol. The summed E-state index contributed by atoms with van der Waals surface area (Å²) in [7, 11) is 0. The van der Waals surface area contributed by atoms with Crippen molar-refractivity contribution in [1.29, 1.82) is 0 Å². The Kier molecular flexibility index (Phi) is 61.8. The molecule has 1 fully saturated rings. The van der Waals surface area contributed by atoms with Crippen LogP contribution in [0.25, 0.3) is 0 Å². The fourth-order valence-electron chi connectivity index (χ4n) is 11.6. The highest BCUT2D eigenvalue weighted by Crippen LogP contribution is 2.24. The van der Waals surface area contributed by atoms with Gasteiger partial charge in [0.1, 0.15) is 24.4 Å². The van der Waals surface area contributed by atoms with E-state index in [4.69, 9.17) is 9.47 Å². The van der Waals surface area contributed by atoms with E-state index < -0.39 is 49.5 Å². The fourth-order valence-corrected chi connectivity index (χ4v) is 11.6. The Morgan fingerprint density at radius 3 is 1.07 bits per heavy atom. The number of rotatable bonds is 64. The van der Waals surface area contributed by atoms with Crippen molar-refractivity contribution in [3.05, 3.63) is 85.1 Å². The van der Waals surface area contributed by atoms with Crippen LogP contribution in [0.1, 0.15) is 341 Å². The predicted octanol–water partition coefficient (Wildman–Crippen LogP) is 20.5. The van der Waals surface area contributed by atoms with Crippen LogP contribution in [-0.4, -0.2) is 87.5 Å². The smallest absolute Gasteiger partial charge is 0.220 e. The molecule has 0 radical (unpaired) electrons. The molecule has 1 heterocycles. The second-order valence-corrected chi connectivity index (χ2v) is 25.4. The molecule has 1 saturated heterocycles. The van der Waals surface area contributed by atoms with Crippen LogP contribution in [0.5, 0.6) is 0 Å². The summed E-state index contributed by atoms with van der Waals surface area (Å²) >= 11 is 0. The zero-order valence-electron chi connectivity index (χ0n) is 56.1. The molecule has 1 rings (SSSR count). The molecular weight excluding hydrogens is 1070 g/mol. The van der Waals surface area contributed by atoms with E-state index in [1.54, 1.807) is 0 Å². The van der Waals surface area contributed by atoms with Crippen LogP contribution >= 0.6 is 0 Å². The molecule has 0 saturated carbocycles. The lowest BCUT2D eigenvalue weighted by atomic mass is 9.99. The maximum Gasteiger partial charge on any atom is 0.220 e. The Balaban J connectivity index is 2.06. The molecule has 7 unspecified atom stereocenters. The molecule has 0 spiro atoms. The molecule has 0 bridgehead atoms. The van der Waals surface area contributed by atoms with Gasteiger partial charge in [0, 0.05) is 6.42 Å². The molecule has 0 aliphatic carbocycles. The molecule has 9 nitrogen and oxygen atoms in total. The summed E-state index contributed by atoms with van der Waals surface area (Å²) < 4.78 is 11.4. The number of hydrogen-bond acceptors (Lipinski definition) is 8. The van der Waals surface area contributed by atoms with Crippen molar-refractivity contribution in [3.63, 3.8) is 0 Å². The largest absolute Gasteiger partial charge is 0.394 e. The third-order valence-corrected chi connectivity index (χ3v) is 17.3. The minimum absolute atomic E-state index is 0.136. The summed E-state index contributed by atoms with van der Waals surface area (Å²) in [6.07, 6.45) is 86.6. The van der Waals surface area contributed by atoms with E-state index in [9.17, 15) is 30.3 Å². The Labute approximate surface area is 531 Å². The molecule has 6 N–H and O–H groups in total. The van der Waals surface area contributed by atoms with Crippen molar-refractivity contribution in [2.45, 2.75) is 384 Å². The van der Waals surface area contributed by atoms with Gasteiger partial charge >= 0.3 is 0 Å². The number of carbonyl (C=O) groups excluding carboxylic acids is 1. The first-order chi connectivity index (χ1) is 42.3. The zero-order valence-corrected chi connectivity index (χ0v) is 56.1. The van der Waals surface area contributed by atoms with Gasteiger partial charge in [0.2, 0.25) is 5.91 Å². The van der Waals surface area contributed by atoms with Crippen LogP contribution in [0.3, 0.4) is 0 Å². The quantitative estimate of drug-likeness (QED) is 0.0261. The Morgan fingerprint density at radius 2 is 0.721 bits per heavy atom. The molecular formula is C77H139NO8. The summed E-state index contributed by atoms with van der Waals surface area (Å²) in [5.41, 5.74) is 0. The van der Waals surface area contributed by atoms with Crippen LogP contribution in [0, 0.1) is 0 Å². The molecule has 9 heteroatoms. The highest BCUT2D eigenvalue weighted by atomic mass is 16.7. The van der Waals surface area contributed by atoms with Crippen LogP contribution in [0.15, 0.2) is 85.1 Å². The molecule has 86 heavy (non-hydrogen) atoms. The van der Waals surface area contributed by atoms with Crippen molar-refractivity contribution < 1.29 is 39.8 Å². The Morgan fingerprint density at radius 1 is 0.407 bits per heavy atom. The molecule has 1 aliphatic rings. The first-order valence-electron chi connectivity index (χ1n) is 36.8. The highest BCUT2D eigenvalue weighted by molar-refractivity contribution is 5.76. The Bertz CT molecular complexity index is 1640. The van der Waals surface area contributed by atoms with Crippen molar-refractivity contribution >= 4 is 5.91 Å². The predicted molar refractivity (Wildman–Crippen MR) is 368 cm³/mol. The number of amides is 1. The number of hydrogen-bond donors (Lipinski definition) is 6. The lowest BCUT2D eigenvalue weighted by Crippen LogP contribution is -2.60. The normalized spacial score (nSPS) is 18.5. The van der Waals surface area contributed by atoms with Gasteiger partial charge in [0.05, 0.1) is 25.4 Å². The first-order valence-corrected chi connectivity index (χ1v) is 36.8. The van der Waals surface area contributed by atoms with Gasteiger partial charge in [-0.15, -0.1) is 0 Å². The average molecular weight is 1210 g/mol. The summed E-state index contributed by atoms with van der Waals surface area (Å²) in [6.45, 7) is 3.76. The van der Waals surface area contributed by atoms with Gasteiger partial charge in [-0.1, -0.05) is 349 Å². The lowest BCUT2D eigenvalue weighted by Gasteiger charge is -2.40. The van der Waals surface area contributed by atoms with Gasteiger partial charge < -0.3 is 40.3 Å². The number of carbonyl (C=O) groups is 1. The number of allylic oxidation sites excluding steroid dienone is 14. The van der Waals surface area contributed by atoms with Crippen molar-refractivity contribution in [3.8, 4) is 0 Å². The number of aliphatic hydroxyl groups excluding tert-OH is 5. The van der Waals surface area contributed by atoms with Gasteiger partial charge in [-0.05, 0) is 70.6 Å². The highest BCUT2D eigenvalue weighted by Gasteiger charge is 2.44. The van der Waals surface area contributed by atoms with E-state index in [0.717, 1.165) is 83.5 Å². The molecule has 0 aromatic heterocycles. The number of ether oxygens (including phenoxy) is 2. The number of unbranched alkanes of at least 4 members (excludes halogenated alkanes) is 40. The van der Waals surface area contributed by atoms with Gasteiger partial charge in [-0.3, -0.25) is 4.79 Å². The van der Waals surface area contributed by atoms with E-state index in [1.165, 1.54) is 231 Å². The maximum absolute atomic E-state index is 13.2. The average Bonchev–Trinajstić information content (AvgIpc) is 2.36. The summed E-state index contributed by atoms with van der Waals surface area (Å²) in [6, 6.07) is -0.722. The lowest BCUT2D eigenvalue weighted by molar-refractivity contribution is -0.302. The molecule has 7 atom stereocenters. The van der Waals surface area contributed by atoms with E-state index in [0.29, 0.717) is 12.8 Å². The summed E-state index contributed by atoms with van der Waals surface area (Å²) in [5, 5.41) is 55.0. The van der Waals surface area contributed by atoms with Gasteiger partial charge in [-0.2, -0.15) is 0 Å². The number of nitrogens with one attached hydrogen (secondary N) is 1. The third kappa shape index (κ3) is 53.2. The van der Waals surface area contributed by atoms with Crippen LogP contribution in [0.4, 0.5) is 0 Å². The third-order valence-electron chi connectivity index (χ3n) is 17.3. The minimum Gasteiger partial charge on any atom is -0.394 e. The van der Waals surface area contributed by atoms with Crippen molar-refractivity contribution in [2.75, 3.05) is 13.2 Å². The van der Waals surface area contributed by atoms with Crippen LogP contribution in [-0.2, 0) is 14.3 Å². The van der Waals surface area contributed by atoms with E-state index in [2.05, 4.69) is 104 Å². The molecule has 0 aromatic rings.